The predicted octanol–water partition coefficient (Wildman–Crippen LogP) is 4.53. The third kappa shape index (κ3) is 6.73. The van der Waals surface area contributed by atoms with Gasteiger partial charge in [-0.15, -0.1) is 0 Å². The third-order valence-electron chi connectivity index (χ3n) is 4.48. The zero-order valence-corrected chi connectivity index (χ0v) is 19.5. The number of halogens is 1. The van der Waals surface area contributed by atoms with Crippen LogP contribution in [0.2, 0.25) is 5.02 Å². The average Bonchev–Trinajstić information content (AvgIpc) is 2.84. The van der Waals surface area contributed by atoms with Crippen LogP contribution >= 0.6 is 11.6 Å². The van der Waals surface area contributed by atoms with Crippen LogP contribution in [-0.4, -0.2) is 38.4 Å². The van der Waals surface area contributed by atoms with Gasteiger partial charge in [-0.25, -0.2) is 5.43 Å². The summed E-state index contributed by atoms with van der Waals surface area (Å²) in [5, 5.41) is 6.93. The zero-order valence-electron chi connectivity index (χ0n) is 18.7. The average molecular weight is 482 g/mol. The van der Waals surface area contributed by atoms with Crippen LogP contribution in [0, 0.1) is 0 Å². The molecule has 176 valence electrons. The number of hydrogen-bond donors (Lipinski definition) is 2. The second-order valence-corrected chi connectivity index (χ2v) is 7.27. The van der Waals surface area contributed by atoms with Crippen LogP contribution < -0.4 is 25.0 Å². The van der Waals surface area contributed by atoms with E-state index < -0.39 is 5.91 Å². The van der Waals surface area contributed by atoms with Gasteiger partial charge in [-0.05, 0) is 48.9 Å². The van der Waals surface area contributed by atoms with E-state index >= 15 is 0 Å². The molecule has 0 saturated heterocycles. The molecule has 0 bridgehead atoms. The van der Waals surface area contributed by atoms with Crippen LogP contribution in [0.3, 0.4) is 0 Å². The molecule has 0 aromatic heterocycles. The Hall–Kier alpha value is -4.04. The van der Waals surface area contributed by atoms with Gasteiger partial charge in [0, 0.05) is 5.56 Å². The van der Waals surface area contributed by atoms with Crippen molar-refractivity contribution < 1.29 is 23.8 Å². The van der Waals surface area contributed by atoms with Gasteiger partial charge >= 0.3 is 0 Å². The molecule has 2 N–H and O–H groups in total. The van der Waals surface area contributed by atoms with Crippen LogP contribution in [0.15, 0.2) is 71.8 Å². The molecule has 2 amide bonds. The number of para-hydroxylation sites is 2. The minimum atomic E-state index is -0.391. The molecule has 0 atom stereocenters. The highest BCUT2D eigenvalue weighted by Crippen LogP contribution is 2.36. The Labute approximate surface area is 202 Å². The molecule has 3 rings (SSSR count). The number of carbonyl (C=O) groups is 2. The van der Waals surface area contributed by atoms with Crippen LogP contribution in [0.5, 0.6) is 17.2 Å². The molecule has 3 aromatic rings. The van der Waals surface area contributed by atoms with Gasteiger partial charge in [0.2, 0.25) is 0 Å². The smallest absolute Gasteiger partial charge is 0.271 e. The molecule has 0 spiro atoms. The van der Waals surface area contributed by atoms with Crippen LogP contribution in [-0.2, 0) is 4.79 Å². The molecule has 9 heteroatoms. The van der Waals surface area contributed by atoms with Gasteiger partial charge in [-0.3, -0.25) is 9.59 Å². The SMILES string of the molecule is CCOc1cc(C=NNC(=O)c2ccccc2)cc(Cl)c1OCC(=O)Nc1ccccc1OC. The Bertz CT molecular complexity index is 1170. The van der Waals surface area contributed by atoms with E-state index in [9.17, 15) is 9.59 Å². The fourth-order valence-corrected chi connectivity index (χ4v) is 3.23. The molecule has 0 saturated carbocycles. The predicted molar refractivity (Wildman–Crippen MR) is 131 cm³/mol. The lowest BCUT2D eigenvalue weighted by atomic mass is 10.2. The fourth-order valence-electron chi connectivity index (χ4n) is 2.96. The number of nitrogens with zero attached hydrogens (tertiary/aromatic N) is 1. The van der Waals surface area contributed by atoms with Crippen molar-refractivity contribution in [2.75, 3.05) is 25.6 Å². The molecule has 0 aliphatic rings. The van der Waals surface area contributed by atoms with E-state index in [4.69, 9.17) is 25.8 Å². The van der Waals surface area contributed by atoms with Crippen molar-refractivity contribution >= 4 is 35.3 Å². The number of benzene rings is 3. The Morgan fingerprint density at radius 3 is 2.47 bits per heavy atom. The minimum Gasteiger partial charge on any atom is -0.495 e. The molecule has 8 nitrogen and oxygen atoms in total. The van der Waals surface area contributed by atoms with Gasteiger partial charge in [-0.1, -0.05) is 41.9 Å². The summed E-state index contributed by atoms with van der Waals surface area (Å²) in [6.45, 7) is 1.87. The maximum absolute atomic E-state index is 12.4. The second-order valence-electron chi connectivity index (χ2n) is 6.87. The monoisotopic (exact) mass is 481 g/mol. The highest BCUT2D eigenvalue weighted by atomic mass is 35.5. The van der Waals surface area contributed by atoms with Crippen molar-refractivity contribution in [3.8, 4) is 17.2 Å². The maximum atomic E-state index is 12.4. The van der Waals surface area contributed by atoms with Gasteiger partial charge in [0.1, 0.15) is 5.75 Å². The van der Waals surface area contributed by atoms with Crippen molar-refractivity contribution in [3.63, 3.8) is 0 Å². The van der Waals surface area contributed by atoms with Crippen LogP contribution in [0.1, 0.15) is 22.8 Å². The molecule has 0 radical (unpaired) electrons. The van der Waals surface area contributed by atoms with Crippen LogP contribution in [0.25, 0.3) is 0 Å². The second kappa shape index (κ2) is 12.3. The Morgan fingerprint density at radius 1 is 1.00 bits per heavy atom. The number of methoxy groups -OCH3 is 1. The molecule has 0 aliphatic carbocycles. The molecule has 0 fully saturated rings. The highest BCUT2D eigenvalue weighted by Gasteiger charge is 2.15. The molecule has 0 aliphatic heterocycles. The third-order valence-corrected chi connectivity index (χ3v) is 4.76. The lowest BCUT2D eigenvalue weighted by Crippen LogP contribution is -2.21. The largest absolute Gasteiger partial charge is 0.495 e. The van der Waals surface area contributed by atoms with Gasteiger partial charge in [0.05, 0.1) is 30.6 Å². The quantitative estimate of drug-likeness (QED) is 0.327. The van der Waals surface area contributed by atoms with Gasteiger partial charge in [0.25, 0.3) is 11.8 Å². The Balaban J connectivity index is 1.67. The van der Waals surface area contributed by atoms with E-state index in [0.717, 1.165) is 0 Å². The lowest BCUT2D eigenvalue weighted by Gasteiger charge is -2.15. The van der Waals surface area contributed by atoms with Crippen molar-refractivity contribution in [1.82, 2.24) is 5.43 Å². The molecular formula is C25H24ClN3O5. The molecule has 0 heterocycles. The highest BCUT2D eigenvalue weighted by molar-refractivity contribution is 6.32. The summed E-state index contributed by atoms with van der Waals surface area (Å²) >= 11 is 6.39. The van der Waals surface area contributed by atoms with E-state index in [1.165, 1.54) is 13.3 Å². The molecule has 34 heavy (non-hydrogen) atoms. The topological polar surface area (TPSA) is 98.3 Å². The first kappa shape index (κ1) is 24.6. The van der Waals surface area contributed by atoms with Crippen molar-refractivity contribution in [2.24, 2.45) is 5.10 Å². The number of rotatable bonds is 10. The number of amides is 2. The summed E-state index contributed by atoms with van der Waals surface area (Å²) in [4.78, 5) is 24.5. The van der Waals surface area contributed by atoms with E-state index in [1.54, 1.807) is 60.7 Å². The number of nitrogens with one attached hydrogen (secondary N) is 2. The van der Waals surface area contributed by atoms with E-state index in [0.29, 0.717) is 34.9 Å². The number of hydrazone groups is 1. The van der Waals surface area contributed by atoms with Gasteiger partial charge < -0.3 is 19.5 Å². The lowest BCUT2D eigenvalue weighted by molar-refractivity contribution is -0.118. The number of hydrogen-bond acceptors (Lipinski definition) is 6. The summed E-state index contributed by atoms with van der Waals surface area (Å²) in [7, 11) is 1.52. The van der Waals surface area contributed by atoms with E-state index in [1.807, 2.05) is 13.0 Å². The Kier molecular flexibility index (Phi) is 8.88. The fraction of sp³-hybridized carbons (Fsp3) is 0.160. The summed E-state index contributed by atoms with van der Waals surface area (Å²) in [6, 6.07) is 19.0. The molecular weight excluding hydrogens is 458 g/mol. The number of carbonyl (C=O) groups excluding carboxylic acids is 2. The first-order chi connectivity index (χ1) is 16.5. The normalized spacial score (nSPS) is 10.6. The standard InChI is InChI=1S/C25H24ClN3O5/c1-3-33-22-14-17(15-27-29-25(31)18-9-5-4-6-10-18)13-19(26)24(22)34-16-23(30)28-20-11-7-8-12-21(20)32-2/h4-15H,3,16H2,1-2H3,(H,28,30)(H,29,31). The first-order valence-electron chi connectivity index (χ1n) is 10.4. The minimum absolute atomic E-state index is 0.226. The van der Waals surface area contributed by atoms with E-state index in [-0.39, 0.29) is 23.3 Å². The van der Waals surface area contributed by atoms with Gasteiger partial charge in [-0.2, -0.15) is 5.10 Å². The molecule has 3 aromatic carbocycles. The number of anilines is 1. The summed E-state index contributed by atoms with van der Waals surface area (Å²) < 4.78 is 16.5. The first-order valence-corrected chi connectivity index (χ1v) is 10.8. The summed E-state index contributed by atoms with van der Waals surface area (Å²) in [6.07, 6.45) is 1.44. The van der Waals surface area contributed by atoms with Crippen LogP contribution in [0.4, 0.5) is 5.69 Å². The molecule has 0 unspecified atom stereocenters. The number of ether oxygens (including phenoxy) is 3. The summed E-state index contributed by atoms with van der Waals surface area (Å²) in [5.41, 5.74) is 4.05. The van der Waals surface area contributed by atoms with Crippen molar-refractivity contribution in [3.05, 3.63) is 82.9 Å². The zero-order chi connectivity index (χ0) is 24.3. The van der Waals surface area contributed by atoms with Crippen molar-refractivity contribution in [2.45, 2.75) is 6.92 Å². The Morgan fingerprint density at radius 2 is 1.74 bits per heavy atom. The van der Waals surface area contributed by atoms with E-state index in [2.05, 4.69) is 15.8 Å². The van der Waals surface area contributed by atoms with Gasteiger partial charge in [0.15, 0.2) is 18.1 Å². The maximum Gasteiger partial charge on any atom is 0.271 e. The van der Waals surface area contributed by atoms with Crippen molar-refractivity contribution in [1.29, 1.82) is 0 Å². The summed E-state index contributed by atoms with van der Waals surface area (Å²) in [5.74, 6) is 0.373.